The van der Waals surface area contributed by atoms with Crippen molar-refractivity contribution in [2.24, 2.45) is 0 Å². The number of ether oxygens (including phenoxy) is 1. The number of benzene rings is 1. The summed E-state index contributed by atoms with van der Waals surface area (Å²) in [7, 11) is 1.55. The molecule has 0 spiro atoms. The third-order valence-electron chi connectivity index (χ3n) is 5.85. The molecule has 33 heavy (non-hydrogen) atoms. The van der Waals surface area contributed by atoms with Gasteiger partial charge >= 0.3 is 0 Å². The lowest BCUT2D eigenvalue weighted by molar-refractivity contribution is 0.0543. The van der Waals surface area contributed by atoms with Crippen molar-refractivity contribution < 1.29 is 14.1 Å². The molecule has 3 aromatic rings. The fourth-order valence-electron chi connectivity index (χ4n) is 3.76. The summed E-state index contributed by atoms with van der Waals surface area (Å²) in [4.78, 5) is 33.4. The third kappa shape index (κ3) is 5.18. The molecule has 2 aromatic heterocycles. The van der Waals surface area contributed by atoms with Gasteiger partial charge < -0.3 is 14.2 Å². The van der Waals surface area contributed by atoms with E-state index in [1.165, 1.54) is 22.4 Å². The van der Waals surface area contributed by atoms with E-state index in [0.29, 0.717) is 51.0 Å². The number of methoxy groups -OCH3 is 1. The lowest BCUT2D eigenvalue weighted by Crippen LogP contribution is -2.49. The van der Waals surface area contributed by atoms with Crippen LogP contribution in [-0.4, -0.2) is 75.5 Å². The highest BCUT2D eigenvalue weighted by molar-refractivity contribution is 5.92. The second-order valence-corrected chi connectivity index (χ2v) is 8.10. The van der Waals surface area contributed by atoms with Gasteiger partial charge in [0.1, 0.15) is 5.69 Å². The first-order valence-electron chi connectivity index (χ1n) is 11.0. The van der Waals surface area contributed by atoms with Gasteiger partial charge in [0.05, 0.1) is 19.2 Å². The summed E-state index contributed by atoms with van der Waals surface area (Å²) in [5, 5.41) is 8.34. The van der Waals surface area contributed by atoms with E-state index < -0.39 is 0 Å². The van der Waals surface area contributed by atoms with Crippen LogP contribution in [0.4, 0.5) is 0 Å². The molecule has 174 valence electrons. The van der Waals surface area contributed by atoms with Crippen molar-refractivity contribution in [2.45, 2.75) is 26.4 Å². The van der Waals surface area contributed by atoms with Crippen LogP contribution in [0.15, 0.2) is 45.7 Å². The highest BCUT2D eigenvalue weighted by atomic mass is 16.5. The molecule has 10 nitrogen and oxygen atoms in total. The van der Waals surface area contributed by atoms with Gasteiger partial charge in [-0.15, -0.1) is 0 Å². The number of amides is 1. The van der Waals surface area contributed by atoms with Crippen LogP contribution >= 0.6 is 0 Å². The molecule has 0 saturated carbocycles. The van der Waals surface area contributed by atoms with Gasteiger partial charge in [0.15, 0.2) is 0 Å². The minimum absolute atomic E-state index is 0.0666. The lowest BCUT2D eigenvalue weighted by atomic mass is 10.1. The normalized spacial score (nSPS) is 15.5. The molecular weight excluding hydrogens is 424 g/mol. The molecule has 0 bridgehead atoms. The largest absolute Gasteiger partial charge is 0.383 e. The van der Waals surface area contributed by atoms with E-state index >= 15 is 0 Å². The highest BCUT2D eigenvalue weighted by Crippen LogP contribution is 2.24. The van der Waals surface area contributed by atoms with E-state index in [2.05, 4.69) is 20.1 Å². The topological polar surface area (TPSA) is 107 Å². The van der Waals surface area contributed by atoms with E-state index in [-0.39, 0.29) is 23.2 Å². The number of rotatable bonds is 7. The van der Waals surface area contributed by atoms with Crippen molar-refractivity contribution in [2.75, 3.05) is 39.9 Å². The molecule has 0 N–H and O–H groups in total. The Kier molecular flexibility index (Phi) is 6.95. The number of piperazine rings is 1. The predicted octanol–water partition coefficient (Wildman–Crippen LogP) is 1.77. The smallest absolute Gasteiger partial charge is 0.274 e. The monoisotopic (exact) mass is 452 g/mol. The molecular formula is C23H28N6O4. The van der Waals surface area contributed by atoms with Crippen molar-refractivity contribution >= 4 is 5.91 Å². The fraction of sp³-hybridized carbons (Fsp3) is 0.435. The molecule has 10 heteroatoms. The van der Waals surface area contributed by atoms with Gasteiger partial charge in [-0.1, -0.05) is 35.0 Å². The summed E-state index contributed by atoms with van der Waals surface area (Å²) in [6.45, 7) is 7.13. The van der Waals surface area contributed by atoms with Crippen LogP contribution in [0, 0.1) is 6.92 Å². The quantitative estimate of drug-likeness (QED) is 0.534. The number of nitrogens with zero attached hydrogens (tertiary/aromatic N) is 6. The molecule has 1 saturated heterocycles. The van der Waals surface area contributed by atoms with Crippen LogP contribution < -0.4 is 5.56 Å². The average Bonchev–Trinajstić information content (AvgIpc) is 3.33. The van der Waals surface area contributed by atoms with Crippen LogP contribution in [0.2, 0.25) is 0 Å². The molecule has 1 fully saturated rings. The summed E-state index contributed by atoms with van der Waals surface area (Å²) in [5.74, 6) is 0.936. The highest BCUT2D eigenvalue weighted by Gasteiger charge is 2.29. The molecule has 0 radical (unpaired) electrons. The Morgan fingerprint density at radius 2 is 1.85 bits per heavy atom. The van der Waals surface area contributed by atoms with Gasteiger partial charge in [-0.2, -0.15) is 10.1 Å². The van der Waals surface area contributed by atoms with Crippen molar-refractivity contribution in [3.05, 3.63) is 63.9 Å². The van der Waals surface area contributed by atoms with Crippen molar-refractivity contribution in [1.29, 1.82) is 0 Å². The molecule has 1 unspecified atom stereocenters. The minimum Gasteiger partial charge on any atom is -0.383 e. The van der Waals surface area contributed by atoms with Crippen LogP contribution in [0.5, 0.6) is 0 Å². The SMILES string of the molecule is COCCn1nc(C(=O)N2CCN(C(C)c3nc(-c4ccc(C)cc4)no3)CC2)ccc1=O. The number of carbonyl (C=O) groups excluding carboxylic acids is 1. The van der Waals surface area contributed by atoms with Crippen molar-refractivity contribution in [1.82, 2.24) is 29.7 Å². The van der Waals surface area contributed by atoms with Crippen molar-refractivity contribution in [3.8, 4) is 11.4 Å². The van der Waals surface area contributed by atoms with Gasteiger partial charge in [-0.05, 0) is 19.9 Å². The Bertz CT molecular complexity index is 1150. The fourth-order valence-corrected chi connectivity index (χ4v) is 3.76. The van der Waals surface area contributed by atoms with Crippen LogP contribution in [0.1, 0.15) is 34.9 Å². The average molecular weight is 453 g/mol. The van der Waals surface area contributed by atoms with E-state index in [0.717, 1.165) is 5.56 Å². The molecule has 1 aliphatic rings. The first-order chi connectivity index (χ1) is 16.0. The Morgan fingerprint density at radius 3 is 2.55 bits per heavy atom. The standard InChI is InChI=1S/C23H28N6O4/c1-16-4-6-18(7-5-16)21-24-22(33-26-21)17(2)27-10-12-28(13-11-27)23(31)19-8-9-20(30)29(25-19)14-15-32-3/h4-9,17H,10-15H2,1-3H3. The zero-order valence-electron chi connectivity index (χ0n) is 19.1. The Balaban J connectivity index is 1.37. The minimum atomic E-state index is -0.258. The van der Waals surface area contributed by atoms with Gasteiger partial charge in [-0.3, -0.25) is 14.5 Å². The number of hydrogen-bond acceptors (Lipinski definition) is 8. The first-order valence-corrected chi connectivity index (χ1v) is 11.0. The summed E-state index contributed by atoms with van der Waals surface area (Å²) in [6, 6.07) is 10.8. The number of carbonyl (C=O) groups is 1. The molecule has 1 aromatic carbocycles. The van der Waals surface area contributed by atoms with Gasteiger partial charge in [0.25, 0.3) is 11.5 Å². The number of aryl methyl sites for hydroxylation is 1. The summed E-state index contributed by atoms with van der Waals surface area (Å²) in [5.41, 5.74) is 2.09. The maximum Gasteiger partial charge on any atom is 0.274 e. The van der Waals surface area contributed by atoms with E-state index in [1.807, 2.05) is 38.1 Å². The zero-order chi connectivity index (χ0) is 23.4. The maximum atomic E-state index is 12.9. The predicted molar refractivity (Wildman–Crippen MR) is 121 cm³/mol. The Labute approximate surface area is 191 Å². The lowest BCUT2D eigenvalue weighted by Gasteiger charge is -2.36. The summed E-state index contributed by atoms with van der Waals surface area (Å²) >= 11 is 0. The van der Waals surface area contributed by atoms with Gasteiger partial charge in [0, 0.05) is 44.9 Å². The van der Waals surface area contributed by atoms with Gasteiger partial charge in [-0.25, -0.2) is 4.68 Å². The summed E-state index contributed by atoms with van der Waals surface area (Å²) < 4.78 is 11.8. The molecule has 0 aliphatic carbocycles. The molecule has 1 aliphatic heterocycles. The van der Waals surface area contributed by atoms with Crippen LogP contribution in [0.25, 0.3) is 11.4 Å². The molecule has 3 heterocycles. The van der Waals surface area contributed by atoms with E-state index in [9.17, 15) is 9.59 Å². The summed E-state index contributed by atoms with van der Waals surface area (Å²) in [6.07, 6.45) is 0. The molecule has 1 atom stereocenters. The number of hydrogen-bond donors (Lipinski definition) is 0. The number of aromatic nitrogens is 4. The Morgan fingerprint density at radius 1 is 1.12 bits per heavy atom. The molecule has 4 rings (SSSR count). The third-order valence-corrected chi connectivity index (χ3v) is 5.85. The van der Waals surface area contributed by atoms with Crippen LogP contribution in [-0.2, 0) is 11.3 Å². The second-order valence-electron chi connectivity index (χ2n) is 8.10. The van der Waals surface area contributed by atoms with E-state index in [4.69, 9.17) is 9.26 Å². The van der Waals surface area contributed by atoms with E-state index in [1.54, 1.807) is 12.0 Å². The van der Waals surface area contributed by atoms with Crippen LogP contribution in [0.3, 0.4) is 0 Å². The first kappa shape index (κ1) is 22.8. The maximum absolute atomic E-state index is 12.9. The molecule has 1 amide bonds. The Hall–Kier alpha value is -3.37. The zero-order valence-corrected chi connectivity index (χ0v) is 19.1. The second kappa shape index (κ2) is 10.1. The van der Waals surface area contributed by atoms with Gasteiger partial charge in [0.2, 0.25) is 11.7 Å². The van der Waals surface area contributed by atoms with Crippen molar-refractivity contribution in [3.63, 3.8) is 0 Å².